The Morgan fingerprint density at radius 1 is 0.526 bits per heavy atom. The Morgan fingerprint density at radius 3 is 1.40 bits per heavy atom. The van der Waals surface area contributed by atoms with Gasteiger partial charge in [0.25, 0.3) is 0 Å². The molecule has 0 aliphatic rings. The molecule has 0 aromatic heterocycles. The van der Waals surface area contributed by atoms with Crippen LogP contribution in [0.4, 0.5) is 0 Å². The van der Waals surface area contributed by atoms with Crippen LogP contribution in [0.25, 0.3) is 21.5 Å². The molecule has 0 aliphatic heterocycles. The number of rotatable bonds is 32. The normalized spacial score (nSPS) is 13.7. The first-order valence-corrected chi connectivity index (χ1v) is 22.6. The summed E-state index contributed by atoms with van der Waals surface area (Å²) in [5.74, 6) is 1.72. The lowest BCUT2D eigenvalue weighted by molar-refractivity contribution is -0.155. The van der Waals surface area contributed by atoms with Crippen LogP contribution >= 0.6 is 11.6 Å². The van der Waals surface area contributed by atoms with Gasteiger partial charge in [-0.3, -0.25) is 9.59 Å². The van der Waals surface area contributed by atoms with Gasteiger partial charge in [-0.25, -0.2) is 0 Å². The second kappa shape index (κ2) is 28.4. The van der Waals surface area contributed by atoms with E-state index in [9.17, 15) is 9.59 Å². The molecular weight excluding hydrogens is 740 g/mol. The summed E-state index contributed by atoms with van der Waals surface area (Å²) in [5.41, 5.74) is 0. The lowest BCUT2D eigenvalue weighted by atomic mass is 10.0. The van der Waals surface area contributed by atoms with Gasteiger partial charge in [-0.15, -0.1) is 0 Å². The summed E-state index contributed by atoms with van der Waals surface area (Å²) >= 11 is 6.64. The average Bonchev–Trinajstić information content (AvgIpc) is 3.21. The fourth-order valence-electron chi connectivity index (χ4n) is 7.02. The first-order chi connectivity index (χ1) is 27.8. The molecule has 0 bridgehead atoms. The summed E-state index contributed by atoms with van der Waals surface area (Å²) in [6.45, 7) is 15.0. The van der Waals surface area contributed by atoms with Crippen molar-refractivity contribution in [1.29, 1.82) is 0 Å². The van der Waals surface area contributed by atoms with E-state index in [1.165, 1.54) is 12.8 Å². The van der Waals surface area contributed by atoms with Gasteiger partial charge in [0, 0.05) is 52.6 Å². The van der Waals surface area contributed by atoms with Crippen molar-refractivity contribution >= 4 is 45.1 Å². The molecule has 4 atom stereocenters. The van der Waals surface area contributed by atoms with Crippen LogP contribution < -0.4 is 9.47 Å². The fourth-order valence-corrected chi connectivity index (χ4v) is 7.20. The lowest BCUT2D eigenvalue weighted by Crippen LogP contribution is -2.31. The number of carbonyl (C=O) groups excluding carboxylic acids is 2. The zero-order valence-corrected chi connectivity index (χ0v) is 36.8. The Balaban J connectivity index is 1.90. The Bertz CT molecular complexity index is 1580. The van der Waals surface area contributed by atoms with Crippen molar-refractivity contribution in [1.82, 2.24) is 0 Å². The third-order valence-electron chi connectivity index (χ3n) is 10.7. The number of unbranched alkanes of at least 4 members (excludes halogenated alkanes) is 6. The first-order valence-electron chi connectivity index (χ1n) is 22.2. The molecule has 3 aromatic rings. The number of esters is 2. The van der Waals surface area contributed by atoms with E-state index in [0.29, 0.717) is 54.4 Å². The van der Waals surface area contributed by atoms with E-state index in [1.807, 2.05) is 42.5 Å². The lowest BCUT2D eigenvalue weighted by Gasteiger charge is -2.24. The maximum Gasteiger partial charge on any atom is 0.306 e. The molecule has 0 aliphatic carbocycles. The molecule has 3 aromatic carbocycles. The minimum atomic E-state index is -0.589. The molecule has 4 unspecified atom stereocenters. The van der Waals surface area contributed by atoms with E-state index < -0.39 is 12.2 Å². The number of fused-ring (bicyclic) bond motifs is 2. The summed E-state index contributed by atoms with van der Waals surface area (Å²) in [6, 6.07) is 13.6. The maximum atomic E-state index is 13.0. The Hall–Kier alpha value is -3.07. The number of ether oxygens (including phenoxy) is 6. The second-order valence-corrected chi connectivity index (χ2v) is 16.0. The van der Waals surface area contributed by atoms with Crippen molar-refractivity contribution in [2.45, 2.75) is 156 Å². The van der Waals surface area contributed by atoms with Crippen LogP contribution in [0.5, 0.6) is 11.5 Å². The highest BCUT2D eigenvalue weighted by Crippen LogP contribution is 2.44. The molecule has 0 N–H and O–H groups in total. The third-order valence-corrected chi connectivity index (χ3v) is 10.9. The molecule has 0 radical (unpaired) electrons. The number of hydrogen-bond donors (Lipinski definition) is 0. The van der Waals surface area contributed by atoms with Gasteiger partial charge in [0.2, 0.25) is 0 Å². The first kappa shape index (κ1) is 48.3. The molecule has 320 valence electrons. The number of benzene rings is 3. The van der Waals surface area contributed by atoms with Crippen LogP contribution in [0.2, 0.25) is 5.02 Å². The van der Waals surface area contributed by atoms with Gasteiger partial charge < -0.3 is 28.4 Å². The van der Waals surface area contributed by atoms with Crippen molar-refractivity contribution in [2.24, 2.45) is 11.8 Å². The van der Waals surface area contributed by atoms with Crippen molar-refractivity contribution in [3.8, 4) is 11.5 Å². The van der Waals surface area contributed by atoms with Crippen molar-refractivity contribution in [2.75, 3.05) is 39.6 Å². The minimum Gasteiger partial charge on any atom is -0.488 e. The smallest absolute Gasteiger partial charge is 0.306 e. The molecule has 0 spiro atoms. The minimum absolute atomic E-state index is 0.113. The van der Waals surface area contributed by atoms with E-state index in [-0.39, 0.29) is 38.4 Å². The van der Waals surface area contributed by atoms with E-state index in [2.05, 4.69) is 41.5 Å². The van der Waals surface area contributed by atoms with E-state index in [4.69, 9.17) is 40.0 Å². The van der Waals surface area contributed by atoms with Gasteiger partial charge in [0.1, 0.15) is 24.7 Å². The molecule has 0 saturated heterocycles. The highest BCUT2D eigenvalue weighted by Gasteiger charge is 2.23. The molecule has 0 fully saturated rings. The monoisotopic (exact) mass is 812 g/mol. The van der Waals surface area contributed by atoms with Crippen LogP contribution in [-0.4, -0.2) is 63.8 Å². The highest BCUT2D eigenvalue weighted by atomic mass is 35.5. The van der Waals surface area contributed by atoms with E-state index in [1.54, 1.807) is 0 Å². The molecule has 0 heterocycles. The second-order valence-electron chi connectivity index (χ2n) is 15.6. The van der Waals surface area contributed by atoms with E-state index >= 15 is 0 Å². The summed E-state index contributed by atoms with van der Waals surface area (Å²) < 4.78 is 37.7. The van der Waals surface area contributed by atoms with Gasteiger partial charge in [-0.1, -0.05) is 142 Å². The predicted molar refractivity (Wildman–Crippen MR) is 234 cm³/mol. The van der Waals surface area contributed by atoms with Crippen LogP contribution in [-0.2, 0) is 28.5 Å². The number of hydrogen-bond acceptors (Lipinski definition) is 8. The summed E-state index contributed by atoms with van der Waals surface area (Å²) in [6.07, 6.45) is 14.1. The Morgan fingerprint density at radius 2 is 0.965 bits per heavy atom. The predicted octanol–water partition coefficient (Wildman–Crippen LogP) is 12.9. The van der Waals surface area contributed by atoms with Gasteiger partial charge in [-0.2, -0.15) is 0 Å². The Kier molecular flexibility index (Phi) is 24.0. The summed E-state index contributed by atoms with van der Waals surface area (Å²) in [7, 11) is 0. The number of halogens is 1. The molecular formula is C48H73ClO8. The molecule has 57 heavy (non-hydrogen) atoms. The zero-order valence-electron chi connectivity index (χ0n) is 36.1. The van der Waals surface area contributed by atoms with Crippen molar-refractivity contribution in [3.05, 3.63) is 47.5 Å². The SMILES string of the molecule is CCCCCC(=O)OC(COCC(CC)CCCC)COc1c2ccccc2c(OCC(COCC(CC)CCCC)OC(=O)CCCCC)c2cc(Cl)ccc12. The molecule has 3 rings (SSSR count). The summed E-state index contributed by atoms with van der Waals surface area (Å²) in [4.78, 5) is 25.9. The zero-order chi connectivity index (χ0) is 41.3. The quantitative estimate of drug-likeness (QED) is 0.0350. The Labute approximate surface area is 349 Å². The van der Waals surface area contributed by atoms with Crippen LogP contribution in [0.15, 0.2) is 42.5 Å². The molecule has 0 amide bonds. The van der Waals surface area contributed by atoms with Gasteiger partial charge in [-0.05, 0) is 55.7 Å². The van der Waals surface area contributed by atoms with E-state index in [0.717, 1.165) is 98.6 Å². The average molecular weight is 814 g/mol. The van der Waals surface area contributed by atoms with Crippen molar-refractivity contribution < 1.29 is 38.0 Å². The van der Waals surface area contributed by atoms with Crippen molar-refractivity contribution in [3.63, 3.8) is 0 Å². The highest BCUT2D eigenvalue weighted by molar-refractivity contribution is 6.31. The van der Waals surface area contributed by atoms with Gasteiger partial charge >= 0.3 is 11.9 Å². The topological polar surface area (TPSA) is 89.5 Å². The molecule has 8 nitrogen and oxygen atoms in total. The largest absolute Gasteiger partial charge is 0.488 e. The van der Waals surface area contributed by atoms with Crippen LogP contribution in [0.1, 0.15) is 144 Å². The molecule has 9 heteroatoms. The summed E-state index contributed by atoms with van der Waals surface area (Å²) in [5, 5.41) is 3.79. The fraction of sp³-hybridized carbons (Fsp3) is 0.667. The van der Waals surface area contributed by atoms with Gasteiger partial charge in [0.05, 0.1) is 13.2 Å². The van der Waals surface area contributed by atoms with Crippen LogP contribution in [0.3, 0.4) is 0 Å². The maximum absolute atomic E-state index is 13.0. The number of carbonyl (C=O) groups is 2. The standard InChI is InChI=1S/C48H73ClO8/c1-7-13-17-25-45(50)56-39(32-52-30-36(11-5)21-15-9-3)34-54-47-41-23-19-20-24-42(41)48(44-29-38(49)27-28-43(44)47)55-35-40(57-46(51)26-18-14-8-2)33-53-31-37(12-6)22-16-10-4/h19-20,23-24,27-29,36-37,39-40H,7-18,21-22,25-26,30-35H2,1-6H3. The van der Waals surface area contributed by atoms with Gasteiger partial charge in [0.15, 0.2) is 12.2 Å². The van der Waals surface area contributed by atoms with Crippen LogP contribution in [0, 0.1) is 11.8 Å². The molecule has 0 saturated carbocycles. The third kappa shape index (κ3) is 17.4.